The number of hydrogen-bond donors (Lipinski definition) is 0. The summed E-state index contributed by atoms with van der Waals surface area (Å²) >= 11 is 5.69. The third kappa shape index (κ3) is 2.25. The van der Waals surface area contributed by atoms with Crippen molar-refractivity contribution in [3.8, 4) is 6.07 Å². The van der Waals surface area contributed by atoms with Crippen molar-refractivity contribution >= 4 is 17.4 Å². The maximum absolute atomic E-state index is 11.7. The monoisotopic (exact) mass is 235 g/mol. The number of halogens is 1. The zero-order valence-corrected chi connectivity index (χ0v) is 10.2. The topological polar surface area (TPSA) is 40.9 Å². The van der Waals surface area contributed by atoms with Gasteiger partial charge in [-0.25, -0.2) is 0 Å². The molecule has 0 aromatic heterocycles. The lowest BCUT2D eigenvalue weighted by molar-refractivity contribution is -0.120. The second-order valence-electron chi connectivity index (χ2n) is 3.88. The molecule has 16 heavy (non-hydrogen) atoms. The highest BCUT2D eigenvalue weighted by Gasteiger charge is 2.36. The smallest absolute Gasteiger partial charge is 0.154 e. The molecule has 0 amide bonds. The number of hydrogen-bond acceptors (Lipinski definition) is 2. The van der Waals surface area contributed by atoms with E-state index < -0.39 is 5.41 Å². The molecule has 0 aliphatic heterocycles. The van der Waals surface area contributed by atoms with Gasteiger partial charge in [-0.3, -0.25) is 4.79 Å². The fourth-order valence-corrected chi connectivity index (χ4v) is 2.06. The fraction of sp³-hybridized carbons (Fsp3) is 0.385. The number of nitriles is 1. The van der Waals surface area contributed by atoms with Gasteiger partial charge in [0.05, 0.1) is 6.07 Å². The molecule has 0 heterocycles. The molecular weight excluding hydrogens is 222 g/mol. The van der Waals surface area contributed by atoms with Crippen LogP contribution in [-0.4, -0.2) is 11.7 Å². The summed E-state index contributed by atoms with van der Waals surface area (Å²) in [5.41, 5.74) is 0.685. The Morgan fingerprint density at radius 2 is 2.25 bits per heavy atom. The van der Waals surface area contributed by atoms with Crippen LogP contribution in [0.3, 0.4) is 0 Å². The second-order valence-corrected chi connectivity index (χ2v) is 4.26. The Morgan fingerprint density at radius 3 is 2.69 bits per heavy atom. The molecule has 1 aromatic carbocycles. The molecule has 0 saturated carbocycles. The van der Waals surface area contributed by atoms with Gasteiger partial charge in [0.25, 0.3) is 0 Å². The standard InChI is InChI=1S/C13H14ClNO/c1-10-4-3-5-12(8-10)13(9-15,6-7-14)11(2)16/h3-5,8H,6-7H2,1-2H3. The van der Waals surface area contributed by atoms with Gasteiger partial charge in [-0.1, -0.05) is 29.8 Å². The minimum absolute atomic E-state index is 0.152. The second kappa shape index (κ2) is 5.14. The maximum atomic E-state index is 11.7. The van der Waals surface area contributed by atoms with E-state index in [0.29, 0.717) is 12.3 Å². The Balaban J connectivity index is 3.31. The van der Waals surface area contributed by atoms with Crippen molar-refractivity contribution < 1.29 is 4.79 Å². The van der Waals surface area contributed by atoms with Crippen LogP contribution in [0.15, 0.2) is 24.3 Å². The van der Waals surface area contributed by atoms with Crippen molar-refractivity contribution in [2.45, 2.75) is 25.7 Å². The van der Waals surface area contributed by atoms with Gasteiger partial charge in [-0.15, -0.1) is 11.6 Å². The molecule has 0 bridgehead atoms. The number of rotatable bonds is 4. The van der Waals surface area contributed by atoms with Crippen LogP contribution in [0.1, 0.15) is 24.5 Å². The number of Topliss-reactive ketones (excluding diaryl/α,β-unsaturated/α-hetero) is 1. The summed E-state index contributed by atoms with van der Waals surface area (Å²) in [5, 5.41) is 9.29. The van der Waals surface area contributed by atoms with Crippen LogP contribution in [0.2, 0.25) is 0 Å². The highest BCUT2D eigenvalue weighted by molar-refractivity contribution is 6.18. The van der Waals surface area contributed by atoms with E-state index in [1.807, 2.05) is 31.2 Å². The lowest BCUT2D eigenvalue weighted by Gasteiger charge is -2.23. The molecule has 3 heteroatoms. The molecule has 0 N–H and O–H groups in total. The van der Waals surface area contributed by atoms with Gasteiger partial charge in [0, 0.05) is 5.88 Å². The summed E-state index contributed by atoms with van der Waals surface area (Å²) in [6, 6.07) is 9.60. The Kier molecular flexibility index (Phi) is 4.09. The van der Waals surface area contributed by atoms with Crippen LogP contribution in [0.4, 0.5) is 0 Å². The van der Waals surface area contributed by atoms with Crippen molar-refractivity contribution in [1.82, 2.24) is 0 Å². The van der Waals surface area contributed by atoms with Gasteiger partial charge in [0.1, 0.15) is 5.41 Å². The first-order valence-electron chi connectivity index (χ1n) is 5.12. The molecule has 0 aliphatic rings. The number of ketones is 1. The van der Waals surface area contributed by atoms with E-state index in [1.54, 1.807) is 0 Å². The van der Waals surface area contributed by atoms with Gasteiger partial charge in [0.2, 0.25) is 0 Å². The quantitative estimate of drug-likeness (QED) is 0.753. The van der Waals surface area contributed by atoms with Crippen molar-refractivity contribution in [1.29, 1.82) is 5.26 Å². The van der Waals surface area contributed by atoms with E-state index in [1.165, 1.54) is 6.92 Å². The van der Waals surface area contributed by atoms with Gasteiger partial charge < -0.3 is 0 Å². The molecule has 0 saturated heterocycles. The zero-order chi connectivity index (χ0) is 12.2. The average Bonchev–Trinajstić information content (AvgIpc) is 2.25. The summed E-state index contributed by atoms with van der Waals surface area (Å²) in [6.45, 7) is 3.38. The van der Waals surface area contributed by atoms with Crippen LogP contribution in [0.5, 0.6) is 0 Å². The largest absolute Gasteiger partial charge is 0.298 e. The van der Waals surface area contributed by atoms with E-state index in [4.69, 9.17) is 11.6 Å². The Bertz CT molecular complexity index is 436. The normalized spacial score (nSPS) is 13.9. The molecule has 84 valence electrons. The third-order valence-corrected chi connectivity index (χ3v) is 2.96. The summed E-state index contributed by atoms with van der Waals surface area (Å²) in [6.07, 6.45) is 0.351. The number of aryl methyl sites for hydroxylation is 1. The fourth-order valence-electron chi connectivity index (χ4n) is 1.78. The van der Waals surface area contributed by atoms with E-state index in [0.717, 1.165) is 11.1 Å². The van der Waals surface area contributed by atoms with Crippen molar-refractivity contribution in [2.24, 2.45) is 0 Å². The predicted molar refractivity (Wildman–Crippen MR) is 64.5 cm³/mol. The van der Waals surface area contributed by atoms with E-state index in [9.17, 15) is 10.1 Å². The SMILES string of the molecule is CC(=O)C(C#N)(CCCl)c1cccc(C)c1. The number of carbonyl (C=O) groups excluding carboxylic acids is 1. The van der Waals surface area contributed by atoms with Gasteiger partial charge in [-0.2, -0.15) is 5.26 Å². The molecule has 1 unspecified atom stereocenters. The average molecular weight is 236 g/mol. The number of benzene rings is 1. The maximum Gasteiger partial charge on any atom is 0.154 e. The molecule has 0 radical (unpaired) electrons. The van der Waals surface area contributed by atoms with E-state index in [-0.39, 0.29) is 5.78 Å². The minimum atomic E-state index is -1.09. The van der Waals surface area contributed by atoms with Crippen LogP contribution >= 0.6 is 11.6 Å². The minimum Gasteiger partial charge on any atom is -0.298 e. The molecule has 2 nitrogen and oxygen atoms in total. The van der Waals surface area contributed by atoms with Crippen LogP contribution in [-0.2, 0) is 10.2 Å². The first-order valence-corrected chi connectivity index (χ1v) is 5.65. The number of nitrogens with zero attached hydrogens (tertiary/aromatic N) is 1. The van der Waals surface area contributed by atoms with Crippen molar-refractivity contribution in [3.05, 3.63) is 35.4 Å². The van der Waals surface area contributed by atoms with Crippen LogP contribution < -0.4 is 0 Å². The van der Waals surface area contributed by atoms with Gasteiger partial charge >= 0.3 is 0 Å². The summed E-state index contributed by atoms with van der Waals surface area (Å²) < 4.78 is 0. The van der Waals surface area contributed by atoms with Crippen LogP contribution in [0, 0.1) is 18.3 Å². The molecule has 0 aliphatic carbocycles. The molecule has 1 aromatic rings. The first-order chi connectivity index (χ1) is 7.56. The number of carbonyl (C=O) groups is 1. The Labute approximate surface area is 101 Å². The van der Waals surface area contributed by atoms with Gasteiger partial charge in [0.15, 0.2) is 5.78 Å². The zero-order valence-electron chi connectivity index (χ0n) is 9.46. The molecule has 1 rings (SSSR count). The highest BCUT2D eigenvalue weighted by Crippen LogP contribution is 2.29. The van der Waals surface area contributed by atoms with E-state index in [2.05, 4.69) is 6.07 Å². The predicted octanol–water partition coefficient (Wildman–Crippen LogP) is 2.97. The third-order valence-electron chi connectivity index (χ3n) is 2.77. The summed E-state index contributed by atoms with van der Waals surface area (Å²) in [7, 11) is 0. The lowest BCUT2D eigenvalue weighted by atomic mass is 9.76. The molecule has 1 atom stereocenters. The summed E-state index contributed by atoms with van der Waals surface area (Å²) in [5.74, 6) is 0.141. The Hall–Kier alpha value is -1.33. The molecular formula is C13H14ClNO. The first kappa shape index (κ1) is 12.7. The molecule has 0 fully saturated rings. The molecule has 0 spiro atoms. The van der Waals surface area contributed by atoms with Crippen molar-refractivity contribution in [2.75, 3.05) is 5.88 Å². The summed E-state index contributed by atoms with van der Waals surface area (Å²) in [4.78, 5) is 11.7. The highest BCUT2D eigenvalue weighted by atomic mass is 35.5. The van der Waals surface area contributed by atoms with Crippen LogP contribution in [0.25, 0.3) is 0 Å². The van der Waals surface area contributed by atoms with Gasteiger partial charge in [-0.05, 0) is 25.8 Å². The van der Waals surface area contributed by atoms with E-state index >= 15 is 0 Å². The lowest BCUT2D eigenvalue weighted by Crippen LogP contribution is -2.33. The van der Waals surface area contributed by atoms with Crippen molar-refractivity contribution in [3.63, 3.8) is 0 Å². The number of alkyl halides is 1. The Morgan fingerprint density at radius 1 is 1.56 bits per heavy atom.